The maximum absolute atomic E-state index is 11.6. The van der Waals surface area contributed by atoms with E-state index in [2.05, 4.69) is 12.2 Å². The molecule has 6 heteroatoms. The van der Waals surface area contributed by atoms with Gasteiger partial charge in [-0.1, -0.05) is 12.2 Å². The Bertz CT molecular complexity index is 187. The van der Waals surface area contributed by atoms with Gasteiger partial charge in [-0.05, 0) is 13.8 Å². The second-order valence-corrected chi connectivity index (χ2v) is 4.65. The lowest BCUT2D eigenvalue weighted by molar-refractivity contribution is 0.223. The molecule has 0 aromatic carbocycles. The highest BCUT2D eigenvalue weighted by atomic mass is 32.1. The standard InChI is InChI=1S/C6H14NO3PS/c1-3-9-11(8,10-4-2)5-6(7)12/h3-5H2,1-2H3,(H2,7,12). The van der Waals surface area contributed by atoms with E-state index < -0.39 is 7.60 Å². The van der Waals surface area contributed by atoms with Crippen LogP contribution in [0.2, 0.25) is 0 Å². The fourth-order valence-corrected chi connectivity index (χ4v) is 2.61. The molecule has 0 aliphatic carbocycles. The molecule has 0 heterocycles. The zero-order valence-corrected chi connectivity index (χ0v) is 8.99. The van der Waals surface area contributed by atoms with Crippen LogP contribution < -0.4 is 5.73 Å². The summed E-state index contributed by atoms with van der Waals surface area (Å²) in [6.45, 7) is 4.15. The van der Waals surface area contributed by atoms with Gasteiger partial charge in [0.05, 0.1) is 18.2 Å². The Morgan fingerprint density at radius 1 is 1.42 bits per heavy atom. The van der Waals surface area contributed by atoms with E-state index in [0.29, 0.717) is 13.2 Å². The normalized spacial score (nSPS) is 11.5. The predicted molar refractivity (Wildman–Crippen MR) is 52.5 cm³/mol. The summed E-state index contributed by atoms with van der Waals surface area (Å²) in [4.78, 5) is 0.153. The molecule has 0 aromatic heterocycles. The maximum Gasteiger partial charge on any atom is 0.337 e. The second-order valence-electron chi connectivity index (χ2n) is 2.07. The predicted octanol–water partition coefficient (Wildman–Crippen LogP) is 1.54. The number of thiocarbonyl (C=S) groups is 1. The molecule has 0 bridgehead atoms. The molecule has 0 fully saturated rings. The van der Waals surface area contributed by atoms with Gasteiger partial charge in [-0.25, -0.2) is 0 Å². The Balaban J connectivity index is 4.18. The van der Waals surface area contributed by atoms with E-state index in [9.17, 15) is 4.57 Å². The van der Waals surface area contributed by atoms with Crippen molar-refractivity contribution in [3.05, 3.63) is 0 Å². The van der Waals surface area contributed by atoms with E-state index in [1.54, 1.807) is 13.8 Å². The van der Waals surface area contributed by atoms with Crippen molar-refractivity contribution in [2.75, 3.05) is 19.4 Å². The van der Waals surface area contributed by atoms with Crippen molar-refractivity contribution in [3.63, 3.8) is 0 Å². The first-order chi connectivity index (χ1) is 5.54. The van der Waals surface area contributed by atoms with Crippen molar-refractivity contribution < 1.29 is 13.6 Å². The zero-order chi connectivity index (χ0) is 9.61. The minimum absolute atomic E-state index is 0.0179. The summed E-state index contributed by atoms with van der Waals surface area (Å²) in [6.07, 6.45) is 0.0179. The zero-order valence-electron chi connectivity index (χ0n) is 7.28. The van der Waals surface area contributed by atoms with E-state index in [-0.39, 0.29) is 11.2 Å². The third-order valence-corrected chi connectivity index (χ3v) is 3.39. The first-order valence-corrected chi connectivity index (χ1v) is 5.84. The largest absolute Gasteiger partial charge is 0.393 e. The average Bonchev–Trinajstić information content (AvgIpc) is 1.85. The minimum atomic E-state index is -3.04. The van der Waals surface area contributed by atoms with Gasteiger partial charge in [-0.15, -0.1) is 0 Å². The summed E-state index contributed by atoms with van der Waals surface area (Å²) < 4.78 is 21.5. The van der Waals surface area contributed by atoms with Gasteiger partial charge in [0.15, 0.2) is 0 Å². The van der Waals surface area contributed by atoms with Crippen molar-refractivity contribution in [2.24, 2.45) is 5.73 Å². The SMILES string of the molecule is CCOP(=O)(CC(N)=S)OCC. The first-order valence-electron chi connectivity index (χ1n) is 3.70. The van der Waals surface area contributed by atoms with Crippen molar-refractivity contribution in [1.82, 2.24) is 0 Å². The van der Waals surface area contributed by atoms with E-state index in [1.165, 1.54) is 0 Å². The highest BCUT2D eigenvalue weighted by Gasteiger charge is 2.24. The number of hydrogen-bond donors (Lipinski definition) is 1. The van der Waals surface area contributed by atoms with Crippen molar-refractivity contribution in [2.45, 2.75) is 13.8 Å². The van der Waals surface area contributed by atoms with Crippen LogP contribution in [-0.4, -0.2) is 24.4 Å². The fraction of sp³-hybridized carbons (Fsp3) is 0.833. The third kappa shape index (κ3) is 4.83. The molecule has 0 unspecified atom stereocenters. The summed E-state index contributed by atoms with van der Waals surface area (Å²) in [7, 11) is -3.04. The number of hydrogen-bond acceptors (Lipinski definition) is 4. The molecule has 12 heavy (non-hydrogen) atoms. The minimum Gasteiger partial charge on any atom is -0.393 e. The summed E-state index contributed by atoms with van der Waals surface area (Å²) in [5, 5.41) is 0. The molecule has 0 aromatic rings. The summed E-state index contributed by atoms with van der Waals surface area (Å²) >= 11 is 4.62. The molecule has 0 atom stereocenters. The Kier molecular flexibility index (Phi) is 5.66. The van der Waals surface area contributed by atoms with Gasteiger partial charge in [0.1, 0.15) is 6.16 Å². The van der Waals surface area contributed by atoms with Crippen LogP contribution in [0.15, 0.2) is 0 Å². The highest BCUT2D eigenvalue weighted by molar-refractivity contribution is 7.81. The molecule has 0 aliphatic heterocycles. The van der Waals surface area contributed by atoms with Crippen LogP contribution in [0.25, 0.3) is 0 Å². The van der Waals surface area contributed by atoms with Gasteiger partial charge in [-0.3, -0.25) is 4.57 Å². The molecular formula is C6H14NO3PS. The highest BCUT2D eigenvalue weighted by Crippen LogP contribution is 2.47. The summed E-state index contributed by atoms with van der Waals surface area (Å²) in [6, 6.07) is 0. The quantitative estimate of drug-likeness (QED) is 0.533. The third-order valence-electron chi connectivity index (χ3n) is 1.00. The fourth-order valence-electron chi connectivity index (χ4n) is 0.713. The van der Waals surface area contributed by atoms with Crippen LogP contribution >= 0.6 is 19.8 Å². The van der Waals surface area contributed by atoms with Crippen LogP contribution in [0.1, 0.15) is 13.8 Å². The molecule has 0 radical (unpaired) electrons. The molecule has 0 aliphatic rings. The first kappa shape index (κ1) is 12.0. The van der Waals surface area contributed by atoms with Crippen molar-refractivity contribution >= 4 is 24.8 Å². The van der Waals surface area contributed by atoms with Gasteiger partial charge < -0.3 is 14.8 Å². The Morgan fingerprint density at radius 3 is 2.08 bits per heavy atom. The average molecular weight is 211 g/mol. The molecular weight excluding hydrogens is 197 g/mol. The Morgan fingerprint density at radius 2 is 1.83 bits per heavy atom. The second kappa shape index (κ2) is 5.65. The van der Waals surface area contributed by atoms with E-state index >= 15 is 0 Å². The molecule has 0 amide bonds. The van der Waals surface area contributed by atoms with Crippen LogP contribution in [-0.2, 0) is 13.6 Å². The summed E-state index contributed by atoms with van der Waals surface area (Å²) in [5.74, 6) is 0. The Hall–Kier alpha value is 0.0400. The van der Waals surface area contributed by atoms with Gasteiger partial charge in [0.2, 0.25) is 0 Å². The smallest absolute Gasteiger partial charge is 0.337 e. The molecule has 72 valence electrons. The van der Waals surface area contributed by atoms with Crippen LogP contribution in [0.4, 0.5) is 0 Å². The van der Waals surface area contributed by atoms with E-state index in [4.69, 9.17) is 14.8 Å². The summed E-state index contributed by atoms with van der Waals surface area (Å²) in [5.41, 5.74) is 5.24. The molecule has 2 N–H and O–H groups in total. The van der Waals surface area contributed by atoms with Crippen LogP contribution in [0.3, 0.4) is 0 Å². The van der Waals surface area contributed by atoms with Gasteiger partial charge in [-0.2, -0.15) is 0 Å². The Labute approximate surface area is 78.0 Å². The van der Waals surface area contributed by atoms with Gasteiger partial charge in [0, 0.05) is 0 Å². The lowest BCUT2D eigenvalue weighted by Gasteiger charge is -2.15. The van der Waals surface area contributed by atoms with E-state index in [0.717, 1.165) is 0 Å². The molecule has 0 rings (SSSR count). The van der Waals surface area contributed by atoms with Gasteiger partial charge >= 0.3 is 7.60 Å². The monoisotopic (exact) mass is 211 g/mol. The van der Waals surface area contributed by atoms with Crippen LogP contribution in [0.5, 0.6) is 0 Å². The van der Waals surface area contributed by atoms with Crippen LogP contribution in [0, 0.1) is 0 Å². The van der Waals surface area contributed by atoms with Crippen molar-refractivity contribution in [1.29, 1.82) is 0 Å². The number of nitrogens with two attached hydrogens (primary N) is 1. The van der Waals surface area contributed by atoms with E-state index in [1.807, 2.05) is 0 Å². The topological polar surface area (TPSA) is 61.5 Å². The molecule has 4 nitrogen and oxygen atoms in total. The molecule has 0 saturated carbocycles. The number of rotatable bonds is 6. The lowest BCUT2D eigenvalue weighted by Crippen LogP contribution is -2.15. The maximum atomic E-state index is 11.6. The molecule has 0 saturated heterocycles. The molecule has 0 spiro atoms. The lowest BCUT2D eigenvalue weighted by atomic mass is 10.8. The van der Waals surface area contributed by atoms with Crippen molar-refractivity contribution in [3.8, 4) is 0 Å². The van der Waals surface area contributed by atoms with Gasteiger partial charge in [0.25, 0.3) is 0 Å².